The summed E-state index contributed by atoms with van der Waals surface area (Å²) in [5, 5.41) is 9.45. The molecule has 0 amide bonds. The number of hydrogen-bond donors (Lipinski definition) is 1. The van der Waals surface area contributed by atoms with Crippen LogP contribution in [0.5, 0.6) is 5.75 Å². The molecule has 0 heterocycles. The zero-order valence-corrected chi connectivity index (χ0v) is 7.54. The van der Waals surface area contributed by atoms with Gasteiger partial charge in [0.05, 0.1) is 5.56 Å². The van der Waals surface area contributed by atoms with Crippen molar-refractivity contribution in [2.24, 2.45) is 0 Å². The van der Waals surface area contributed by atoms with Crippen LogP contribution in [-0.4, -0.2) is 5.11 Å². The molecule has 1 radical (unpaired) electrons. The molecule has 0 unspecified atom stereocenters. The summed E-state index contributed by atoms with van der Waals surface area (Å²) in [4.78, 5) is 0. The molecule has 0 spiro atoms. The maximum Gasteiger partial charge on any atom is 0.131 e. The van der Waals surface area contributed by atoms with Crippen molar-refractivity contribution in [1.82, 2.24) is 0 Å². The summed E-state index contributed by atoms with van der Waals surface area (Å²) in [5.41, 5.74) is 1.39. The van der Waals surface area contributed by atoms with Gasteiger partial charge in [0.2, 0.25) is 0 Å². The van der Waals surface area contributed by atoms with E-state index in [1.54, 1.807) is 18.2 Å². The number of phenols is 1. The third kappa shape index (κ3) is 1.73. The van der Waals surface area contributed by atoms with Gasteiger partial charge >= 0.3 is 0 Å². The molecular formula is C12H11O. The van der Waals surface area contributed by atoms with Gasteiger partial charge < -0.3 is 5.11 Å². The standard InChI is InChI=1S/C12H11O/c1-4-9(3)11-7-6-8-12(13)10(11)5-2/h2,4,6-8,13H,1H2,3H3. The van der Waals surface area contributed by atoms with Gasteiger partial charge in [-0.05, 0) is 11.6 Å². The molecule has 0 saturated heterocycles. The molecule has 0 atom stereocenters. The average Bonchev–Trinajstić information content (AvgIpc) is 2.16. The van der Waals surface area contributed by atoms with Crippen molar-refractivity contribution in [3.05, 3.63) is 47.9 Å². The van der Waals surface area contributed by atoms with Gasteiger partial charge in [0.25, 0.3) is 0 Å². The van der Waals surface area contributed by atoms with Crippen LogP contribution in [0.1, 0.15) is 18.1 Å². The Morgan fingerprint density at radius 2 is 2.31 bits per heavy atom. The third-order valence-electron chi connectivity index (χ3n) is 1.92. The van der Waals surface area contributed by atoms with Crippen LogP contribution in [0.15, 0.2) is 30.9 Å². The third-order valence-corrected chi connectivity index (χ3v) is 1.92. The molecule has 1 rings (SSSR count). The molecule has 1 heteroatoms. The van der Waals surface area contributed by atoms with E-state index in [1.165, 1.54) is 0 Å². The van der Waals surface area contributed by atoms with Crippen LogP contribution in [0.3, 0.4) is 0 Å². The van der Waals surface area contributed by atoms with E-state index in [4.69, 9.17) is 6.42 Å². The molecule has 1 aromatic rings. The van der Waals surface area contributed by atoms with Crippen LogP contribution < -0.4 is 0 Å². The normalized spacial score (nSPS) is 9.62. The Kier molecular flexibility index (Phi) is 2.76. The van der Waals surface area contributed by atoms with Crippen LogP contribution in [0.4, 0.5) is 0 Å². The minimum Gasteiger partial charge on any atom is -0.507 e. The van der Waals surface area contributed by atoms with Crippen molar-refractivity contribution in [1.29, 1.82) is 0 Å². The lowest BCUT2D eigenvalue weighted by atomic mass is 9.95. The predicted molar refractivity (Wildman–Crippen MR) is 54.3 cm³/mol. The molecule has 0 aromatic heterocycles. The number of benzene rings is 1. The van der Waals surface area contributed by atoms with Crippen LogP contribution >= 0.6 is 0 Å². The monoisotopic (exact) mass is 171 g/mol. The summed E-state index contributed by atoms with van der Waals surface area (Å²) in [5.74, 6) is 3.56. The van der Waals surface area contributed by atoms with E-state index in [0.717, 1.165) is 11.5 Å². The van der Waals surface area contributed by atoms with E-state index in [-0.39, 0.29) is 5.75 Å². The Morgan fingerprint density at radius 3 is 2.85 bits per heavy atom. The average molecular weight is 171 g/mol. The van der Waals surface area contributed by atoms with Crippen molar-refractivity contribution in [3.63, 3.8) is 0 Å². The Bertz CT molecular complexity index is 358. The zero-order chi connectivity index (χ0) is 9.84. The van der Waals surface area contributed by atoms with E-state index >= 15 is 0 Å². The fourth-order valence-electron chi connectivity index (χ4n) is 1.13. The molecule has 0 aliphatic carbocycles. The van der Waals surface area contributed by atoms with Gasteiger partial charge in [-0.2, -0.15) is 0 Å². The van der Waals surface area contributed by atoms with Crippen molar-refractivity contribution in [2.45, 2.75) is 6.92 Å². The lowest BCUT2D eigenvalue weighted by Crippen LogP contribution is -1.94. The van der Waals surface area contributed by atoms with Crippen LogP contribution in [0, 0.1) is 18.3 Å². The maximum atomic E-state index is 9.45. The quantitative estimate of drug-likeness (QED) is 0.678. The molecular weight excluding hydrogens is 160 g/mol. The van der Waals surface area contributed by atoms with Gasteiger partial charge in [0, 0.05) is 5.92 Å². The fraction of sp³-hybridized carbons (Fsp3) is 0.0833. The Hall–Kier alpha value is -1.68. The Morgan fingerprint density at radius 1 is 1.62 bits per heavy atom. The molecule has 13 heavy (non-hydrogen) atoms. The maximum absolute atomic E-state index is 9.45. The van der Waals surface area contributed by atoms with Crippen molar-refractivity contribution in [2.75, 3.05) is 0 Å². The first-order valence-electron chi connectivity index (χ1n) is 3.95. The fourth-order valence-corrected chi connectivity index (χ4v) is 1.13. The zero-order valence-electron chi connectivity index (χ0n) is 7.54. The molecule has 1 N–H and O–H groups in total. The number of aromatic hydroxyl groups is 1. The summed E-state index contributed by atoms with van der Waals surface area (Å²) in [7, 11) is 0. The topological polar surface area (TPSA) is 20.2 Å². The lowest BCUT2D eigenvalue weighted by molar-refractivity contribution is 0.473. The highest BCUT2D eigenvalue weighted by Gasteiger charge is 2.09. The van der Waals surface area contributed by atoms with Crippen LogP contribution in [0.2, 0.25) is 0 Å². The molecule has 0 saturated carbocycles. The van der Waals surface area contributed by atoms with Gasteiger partial charge in [-0.15, -0.1) is 13.0 Å². The van der Waals surface area contributed by atoms with Crippen molar-refractivity contribution >= 4 is 0 Å². The summed E-state index contributed by atoms with van der Waals surface area (Å²) in [6.07, 6.45) is 7.00. The smallest absolute Gasteiger partial charge is 0.131 e. The summed E-state index contributed by atoms with van der Waals surface area (Å²) in [6, 6.07) is 5.21. The van der Waals surface area contributed by atoms with Crippen LogP contribution in [-0.2, 0) is 0 Å². The number of hydrogen-bond acceptors (Lipinski definition) is 1. The molecule has 0 fully saturated rings. The van der Waals surface area contributed by atoms with Gasteiger partial charge in [-0.3, -0.25) is 0 Å². The molecule has 65 valence electrons. The Labute approximate surface area is 78.7 Å². The second-order valence-corrected chi connectivity index (χ2v) is 2.73. The molecule has 0 bridgehead atoms. The second kappa shape index (κ2) is 3.82. The Balaban J connectivity index is 3.29. The summed E-state index contributed by atoms with van der Waals surface area (Å²) >= 11 is 0. The van der Waals surface area contributed by atoms with Gasteiger partial charge in [0.15, 0.2) is 0 Å². The predicted octanol–water partition coefficient (Wildman–Crippen LogP) is 2.50. The van der Waals surface area contributed by atoms with E-state index in [1.807, 2.05) is 13.0 Å². The van der Waals surface area contributed by atoms with E-state index < -0.39 is 0 Å². The summed E-state index contributed by atoms with van der Waals surface area (Å²) < 4.78 is 0. The minimum atomic E-state index is 0.140. The number of terminal acetylenes is 1. The number of allylic oxidation sites excluding steroid dienone is 1. The second-order valence-electron chi connectivity index (χ2n) is 2.73. The number of rotatable bonds is 2. The minimum absolute atomic E-state index is 0.140. The van der Waals surface area contributed by atoms with E-state index in [2.05, 4.69) is 12.5 Å². The van der Waals surface area contributed by atoms with Crippen LogP contribution in [0.25, 0.3) is 0 Å². The summed E-state index contributed by atoms with van der Waals surface area (Å²) in [6.45, 7) is 5.56. The molecule has 0 aliphatic heterocycles. The van der Waals surface area contributed by atoms with Crippen molar-refractivity contribution in [3.8, 4) is 18.1 Å². The van der Waals surface area contributed by atoms with Gasteiger partial charge in [0.1, 0.15) is 5.75 Å². The highest BCUT2D eigenvalue weighted by atomic mass is 16.3. The first-order chi connectivity index (χ1) is 6.20. The molecule has 0 aliphatic rings. The van der Waals surface area contributed by atoms with Gasteiger partial charge in [-0.1, -0.05) is 31.1 Å². The highest BCUT2D eigenvalue weighted by Crippen LogP contribution is 2.25. The number of phenolic OH excluding ortho intramolecular Hbond substituents is 1. The molecule has 1 aromatic carbocycles. The first kappa shape index (κ1) is 9.41. The highest BCUT2D eigenvalue weighted by molar-refractivity contribution is 5.55. The SMILES string of the molecule is C#Cc1c(O)cccc1[C](C)C=C. The molecule has 1 nitrogen and oxygen atoms in total. The van der Waals surface area contributed by atoms with E-state index in [0.29, 0.717) is 5.56 Å². The van der Waals surface area contributed by atoms with Gasteiger partial charge in [-0.25, -0.2) is 0 Å². The first-order valence-corrected chi connectivity index (χ1v) is 3.95. The lowest BCUT2D eigenvalue weighted by Gasteiger charge is -2.09. The largest absolute Gasteiger partial charge is 0.507 e. The van der Waals surface area contributed by atoms with E-state index in [9.17, 15) is 5.11 Å². The van der Waals surface area contributed by atoms with Crippen molar-refractivity contribution < 1.29 is 5.11 Å².